The van der Waals surface area contributed by atoms with Gasteiger partial charge in [-0.1, -0.05) is 0 Å². The molecule has 0 aromatic carbocycles. The number of aldehydes is 1. The number of anilines is 1. The second-order valence-corrected chi connectivity index (χ2v) is 4.51. The summed E-state index contributed by atoms with van der Waals surface area (Å²) in [6.07, 6.45) is 2.43. The first-order valence-corrected chi connectivity index (χ1v) is 5.94. The number of rotatable bonds is 3. The number of carbonyl (C=O) groups excluding carboxylic acids is 1. The molecule has 0 bridgehead atoms. The van der Waals surface area contributed by atoms with E-state index >= 15 is 0 Å². The van der Waals surface area contributed by atoms with E-state index in [1.807, 2.05) is 11.8 Å². The maximum Gasteiger partial charge on any atom is 0.311 e. The van der Waals surface area contributed by atoms with Gasteiger partial charge in [0.2, 0.25) is 5.82 Å². The van der Waals surface area contributed by atoms with Crippen LogP contribution in [0.3, 0.4) is 0 Å². The van der Waals surface area contributed by atoms with Crippen LogP contribution >= 0.6 is 0 Å². The summed E-state index contributed by atoms with van der Waals surface area (Å²) < 4.78 is 0. The van der Waals surface area contributed by atoms with E-state index in [0.29, 0.717) is 18.9 Å². The van der Waals surface area contributed by atoms with Crippen LogP contribution < -0.4 is 4.90 Å². The van der Waals surface area contributed by atoms with Crippen LogP contribution in [0.5, 0.6) is 0 Å². The molecule has 0 N–H and O–H groups in total. The number of nitrogens with zero attached hydrogens (tertiary/aromatic N) is 3. The molecule has 2 heterocycles. The third kappa shape index (κ3) is 2.47. The summed E-state index contributed by atoms with van der Waals surface area (Å²) in [5.41, 5.74) is 0.790. The van der Waals surface area contributed by atoms with Gasteiger partial charge in [-0.25, -0.2) is 4.98 Å². The molecule has 0 radical (unpaired) electrons. The minimum atomic E-state index is -0.409. The highest BCUT2D eigenvalue weighted by Gasteiger charge is 2.25. The fourth-order valence-corrected chi connectivity index (χ4v) is 2.16. The molecule has 6 nitrogen and oxygen atoms in total. The van der Waals surface area contributed by atoms with Crippen LogP contribution in [0, 0.1) is 23.0 Å². The summed E-state index contributed by atoms with van der Waals surface area (Å²) in [7, 11) is 0. The Kier molecular flexibility index (Phi) is 3.55. The van der Waals surface area contributed by atoms with E-state index in [9.17, 15) is 14.9 Å². The van der Waals surface area contributed by atoms with Crippen molar-refractivity contribution in [3.05, 3.63) is 27.9 Å². The van der Waals surface area contributed by atoms with Gasteiger partial charge in [-0.05, 0) is 25.8 Å². The maximum absolute atomic E-state index is 11.0. The monoisotopic (exact) mass is 249 g/mol. The minimum absolute atomic E-state index is 0.0325. The van der Waals surface area contributed by atoms with Gasteiger partial charge in [0, 0.05) is 30.8 Å². The Hall–Kier alpha value is -1.98. The van der Waals surface area contributed by atoms with Crippen molar-refractivity contribution in [2.45, 2.75) is 19.8 Å². The normalized spacial score (nSPS) is 16.6. The van der Waals surface area contributed by atoms with Crippen LogP contribution in [-0.4, -0.2) is 29.3 Å². The summed E-state index contributed by atoms with van der Waals surface area (Å²) in [4.78, 5) is 27.4. The molecule has 1 aromatic heterocycles. The molecule has 1 aromatic rings. The van der Waals surface area contributed by atoms with Crippen LogP contribution in [0.15, 0.2) is 12.1 Å². The summed E-state index contributed by atoms with van der Waals surface area (Å²) in [5.74, 6) is 0.495. The molecule has 1 saturated heterocycles. The van der Waals surface area contributed by atoms with E-state index in [0.717, 1.165) is 24.8 Å². The van der Waals surface area contributed by atoms with Crippen molar-refractivity contribution in [2.24, 2.45) is 5.92 Å². The van der Waals surface area contributed by atoms with E-state index in [1.165, 1.54) is 6.07 Å². The van der Waals surface area contributed by atoms with Crippen molar-refractivity contribution in [1.29, 1.82) is 0 Å². The summed E-state index contributed by atoms with van der Waals surface area (Å²) in [6.45, 7) is 3.09. The zero-order valence-electron chi connectivity index (χ0n) is 10.2. The van der Waals surface area contributed by atoms with E-state index in [2.05, 4.69) is 4.98 Å². The lowest BCUT2D eigenvalue weighted by atomic mass is 9.98. The van der Waals surface area contributed by atoms with Gasteiger partial charge in [0.1, 0.15) is 6.29 Å². The van der Waals surface area contributed by atoms with Gasteiger partial charge in [-0.3, -0.25) is 10.1 Å². The molecular formula is C12H15N3O3. The second-order valence-electron chi connectivity index (χ2n) is 4.51. The molecule has 0 amide bonds. The Morgan fingerprint density at radius 1 is 1.44 bits per heavy atom. The van der Waals surface area contributed by atoms with Gasteiger partial charge in [0.25, 0.3) is 0 Å². The molecule has 6 heteroatoms. The summed E-state index contributed by atoms with van der Waals surface area (Å²) >= 11 is 0. The number of aromatic nitrogens is 1. The predicted octanol–water partition coefficient (Wildman–Crippen LogP) is 1.71. The average Bonchev–Trinajstić information content (AvgIpc) is 2.38. The van der Waals surface area contributed by atoms with E-state index in [-0.39, 0.29) is 11.6 Å². The fraction of sp³-hybridized carbons (Fsp3) is 0.500. The number of carbonyl (C=O) groups is 1. The molecule has 0 atom stereocenters. The third-order valence-electron chi connectivity index (χ3n) is 3.22. The van der Waals surface area contributed by atoms with Gasteiger partial charge in [0.15, 0.2) is 0 Å². The zero-order chi connectivity index (χ0) is 13.1. The van der Waals surface area contributed by atoms with Crippen LogP contribution in [-0.2, 0) is 4.79 Å². The molecule has 0 spiro atoms. The number of nitro groups is 1. The van der Waals surface area contributed by atoms with Gasteiger partial charge < -0.3 is 9.69 Å². The van der Waals surface area contributed by atoms with Gasteiger partial charge in [-0.15, -0.1) is 0 Å². The molecule has 0 unspecified atom stereocenters. The summed E-state index contributed by atoms with van der Waals surface area (Å²) in [6, 6.07) is 3.13. The van der Waals surface area contributed by atoms with Crippen molar-refractivity contribution in [2.75, 3.05) is 18.0 Å². The topological polar surface area (TPSA) is 76.3 Å². The molecule has 0 aliphatic carbocycles. The van der Waals surface area contributed by atoms with Crippen LogP contribution in [0.25, 0.3) is 0 Å². The molecule has 1 aliphatic rings. The molecule has 1 fully saturated rings. The molecule has 0 saturated carbocycles. The minimum Gasteiger partial charge on any atom is -0.351 e. The van der Waals surface area contributed by atoms with Crippen molar-refractivity contribution < 1.29 is 9.72 Å². The van der Waals surface area contributed by atoms with Crippen molar-refractivity contribution >= 4 is 17.8 Å². The molecular weight excluding hydrogens is 234 g/mol. The summed E-state index contributed by atoms with van der Waals surface area (Å²) in [5, 5.41) is 11.0. The lowest BCUT2D eigenvalue weighted by Gasteiger charge is -2.30. The van der Waals surface area contributed by atoms with E-state index in [4.69, 9.17) is 0 Å². The largest absolute Gasteiger partial charge is 0.351 e. The number of pyridine rings is 1. The van der Waals surface area contributed by atoms with Gasteiger partial charge in [0.05, 0.1) is 4.92 Å². The first-order chi connectivity index (χ1) is 8.61. The number of hydrogen-bond donors (Lipinski definition) is 0. The first-order valence-electron chi connectivity index (χ1n) is 5.94. The van der Waals surface area contributed by atoms with Crippen LogP contribution in [0.4, 0.5) is 11.5 Å². The SMILES string of the molecule is Cc1ccc([N+](=O)[O-])c(N2CCC(C=O)CC2)n1. The smallest absolute Gasteiger partial charge is 0.311 e. The quantitative estimate of drug-likeness (QED) is 0.463. The van der Waals surface area contributed by atoms with Crippen LogP contribution in [0.1, 0.15) is 18.5 Å². The van der Waals surface area contributed by atoms with Gasteiger partial charge >= 0.3 is 5.69 Å². The third-order valence-corrected chi connectivity index (χ3v) is 3.22. The van der Waals surface area contributed by atoms with E-state index in [1.54, 1.807) is 6.07 Å². The highest BCUT2D eigenvalue weighted by Crippen LogP contribution is 2.29. The number of aryl methyl sites for hydroxylation is 1. The van der Waals surface area contributed by atoms with Crippen LogP contribution in [0.2, 0.25) is 0 Å². The highest BCUT2D eigenvalue weighted by molar-refractivity contribution is 5.60. The Labute approximate surface area is 105 Å². The zero-order valence-corrected chi connectivity index (χ0v) is 10.2. The van der Waals surface area contributed by atoms with Crippen molar-refractivity contribution in [3.8, 4) is 0 Å². The molecule has 18 heavy (non-hydrogen) atoms. The Balaban J connectivity index is 2.25. The average molecular weight is 249 g/mol. The first kappa shape index (κ1) is 12.5. The van der Waals surface area contributed by atoms with Crippen molar-refractivity contribution in [1.82, 2.24) is 4.98 Å². The van der Waals surface area contributed by atoms with E-state index < -0.39 is 4.92 Å². The lowest BCUT2D eigenvalue weighted by Crippen LogP contribution is -2.35. The maximum atomic E-state index is 11.0. The number of hydrogen-bond acceptors (Lipinski definition) is 5. The Bertz CT molecular complexity index is 468. The highest BCUT2D eigenvalue weighted by atomic mass is 16.6. The molecule has 2 rings (SSSR count). The Morgan fingerprint density at radius 3 is 2.67 bits per heavy atom. The fourth-order valence-electron chi connectivity index (χ4n) is 2.16. The second kappa shape index (κ2) is 5.12. The predicted molar refractivity (Wildman–Crippen MR) is 66.6 cm³/mol. The van der Waals surface area contributed by atoms with Crippen molar-refractivity contribution in [3.63, 3.8) is 0 Å². The van der Waals surface area contributed by atoms with Gasteiger partial charge in [-0.2, -0.15) is 0 Å². The Morgan fingerprint density at radius 2 is 2.11 bits per heavy atom. The number of piperidine rings is 1. The molecule has 1 aliphatic heterocycles. The lowest BCUT2D eigenvalue weighted by molar-refractivity contribution is -0.384. The molecule has 96 valence electrons. The standard InChI is InChI=1S/C12H15N3O3/c1-9-2-3-11(15(17)18)12(13-9)14-6-4-10(8-16)5-7-14/h2-3,8,10H,4-7H2,1H3.